The zero-order chi connectivity index (χ0) is 13.1. The second-order valence-corrected chi connectivity index (χ2v) is 8.08. The van der Waals surface area contributed by atoms with Crippen LogP contribution in [0.3, 0.4) is 0 Å². The fourth-order valence-corrected chi connectivity index (χ4v) is 4.71. The fourth-order valence-electron chi connectivity index (χ4n) is 2.35. The van der Waals surface area contributed by atoms with Crippen molar-refractivity contribution in [2.75, 3.05) is 12.4 Å². The van der Waals surface area contributed by atoms with Crippen molar-refractivity contribution in [3.8, 4) is 0 Å². The van der Waals surface area contributed by atoms with Crippen molar-refractivity contribution in [3.05, 3.63) is 19.2 Å². The number of hydrogen-bond donors (Lipinski definition) is 1. The van der Waals surface area contributed by atoms with E-state index in [0.29, 0.717) is 17.7 Å². The molecule has 2 nitrogen and oxygen atoms in total. The first-order chi connectivity index (χ1) is 8.61. The van der Waals surface area contributed by atoms with Crippen LogP contribution in [0.2, 0.25) is 0 Å². The summed E-state index contributed by atoms with van der Waals surface area (Å²) in [4.78, 5) is 12.7. The van der Waals surface area contributed by atoms with E-state index in [-0.39, 0.29) is 5.91 Å². The van der Waals surface area contributed by atoms with Crippen LogP contribution in [0, 0.1) is 11.8 Å². The molecular formula is C12H14Br2ClNOS. The van der Waals surface area contributed by atoms with Gasteiger partial charge in [-0.25, -0.2) is 0 Å². The highest BCUT2D eigenvalue weighted by Gasteiger charge is 2.26. The molecule has 18 heavy (non-hydrogen) atoms. The molecule has 1 N–H and O–H groups in total. The summed E-state index contributed by atoms with van der Waals surface area (Å²) in [5, 5.41) is 3.02. The number of alkyl halides is 1. The third-order valence-electron chi connectivity index (χ3n) is 3.41. The minimum atomic E-state index is 0.00613. The summed E-state index contributed by atoms with van der Waals surface area (Å²) in [6.45, 7) is 0.739. The SMILES string of the molecule is O=C(NCC1CCCC1CCl)c1cc(Br)c(Br)s1. The average Bonchev–Trinajstić information content (AvgIpc) is 2.93. The third kappa shape index (κ3) is 3.50. The van der Waals surface area contributed by atoms with Gasteiger partial charge in [0, 0.05) is 16.9 Å². The predicted octanol–water partition coefficient (Wildman–Crippen LogP) is 4.66. The smallest absolute Gasteiger partial charge is 0.261 e. The summed E-state index contributed by atoms with van der Waals surface area (Å²) in [6, 6.07) is 1.85. The minimum Gasteiger partial charge on any atom is -0.351 e. The minimum absolute atomic E-state index is 0.00613. The van der Waals surface area contributed by atoms with Gasteiger partial charge in [-0.15, -0.1) is 22.9 Å². The van der Waals surface area contributed by atoms with Gasteiger partial charge in [0.05, 0.1) is 8.66 Å². The number of amides is 1. The Kier molecular flexibility index (Phi) is 5.54. The van der Waals surface area contributed by atoms with Crippen molar-refractivity contribution in [3.63, 3.8) is 0 Å². The topological polar surface area (TPSA) is 29.1 Å². The van der Waals surface area contributed by atoms with E-state index in [4.69, 9.17) is 11.6 Å². The van der Waals surface area contributed by atoms with E-state index in [0.717, 1.165) is 19.7 Å². The van der Waals surface area contributed by atoms with Gasteiger partial charge in [-0.05, 0) is 62.6 Å². The molecular weight excluding hydrogens is 401 g/mol. The van der Waals surface area contributed by atoms with Crippen molar-refractivity contribution in [1.29, 1.82) is 0 Å². The molecule has 1 aromatic heterocycles. The first-order valence-corrected chi connectivity index (χ1v) is 8.84. The maximum Gasteiger partial charge on any atom is 0.261 e. The van der Waals surface area contributed by atoms with Gasteiger partial charge in [-0.3, -0.25) is 4.79 Å². The van der Waals surface area contributed by atoms with Crippen LogP contribution in [0.5, 0.6) is 0 Å². The van der Waals surface area contributed by atoms with E-state index in [1.54, 1.807) is 0 Å². The van der Waals surface area contributed by atoms with Crippen molar-refractivity contribution in [2.45, 2.75) is 19.3 Å². The molecule has 0 radical (unpaired) electrons. The molecule has 1 fully saturated rings. The van der Waals surface area contributed by atoms with Gasteiger partial charge in [0.1, 0.15) is 0 Å². The molecule has 1 saturated carbocycles. The van der Waals surface area contributed by atoms with Gasteiger partial charge in [0.2, 0.25) is 0 Å². The molecule has 1 aliphatic rings. The summed E-state index contributed by atoms with van der Waals surface area (Å²) in [7, 11) is 0. The highest BCUT2D eigenvalue weighted by molar-refractivity contribution is 9.13. The summed E-state index contributed by atoms with van der Waals surface area (Å²) in [5.41, 5.74) is 0. The lowest BCUT2D eigenvalue weighted by Gasteiger charge is -2.17. The highest BCUT2D eigenvalue weighted by Crippen LogP contribution is 2.33. The maximum absolute atomic E-state index is 12.0. The highest BCUT2D eigenvalue weighted by atomic mass is 79.9. The summed E-state index contributed by atoms with van der Waals surface area (Å²) < 4.78 is 1.88. The van der Waals surface area contributed by atoms with Gasteiger partial charge in [-0.2, -0.15) is 0 Å². The van der Waals surface area contributed by atoms with Crippen LogP contribution in [0.15, 0.2) is 14.3 Å². The van der Waals surface area contributed by atoms with Crippen LogP contribution in [0.4, 0.5) is 0 Å². The Morgan fingerprint density at radius 1 is 1.44 bits per heavy atom. The predicted molar refractivity (Wildman–Crippen MR) is 83.6 cm³/mol. The third-order valence-corrected chi connectivity index (χ3v) is 7.06. The molecule has 0 bridgehead atoms. The van der Waals surface area contributed by atoms with Crippen molar-refractivity contribution >= 4 is 60.7 Å². The van der Waals surface area contributed by atoms with Crippen LogP contribution in [0.1, 0.15) is 28.9 Å². The van der Waals surface area contributed by atoms with Gasteiger partial charge in [0.15, 0.2) is 0 Å². The summed E-state index contributed by atoms with van der Waals surface area (Å²) in [5.74, 6) is 1.81. The average molecular weight is 416 g/mol. The van der Waals surface area contributed by atoms with E-state index < -0.39 is 0 Å². The lowest BCUT2D eigenvalue weighted by molar-refractivity contribution is 0.0948. The Bertz CT molecular complexity index is 418. The van der Waals surface area contributed by atoms with E-state index in [9.17, 15) is 4.79 Å². The number of carbonyl (C=O) groups excluding carboxylic acids is 1. The van der Waals surface area contributed by atoms with Gasteiger partial charge in [-0.1, -0.05) is 6.42 Å². The molecule has 1 aliphatic carbocycles. The molecule has 0 aromatic carbocycles. The largest absolute Gasteiger partial charge is 0.351 e. The molecule has 1 aromatic rings. The Balaban J connectivity index is 1.88. The Morgan fingerprint density at radius 3 is 2.78 bits per heavy atom. The second-order valence-electron chi connectivity index (χ2n) is 4.55. The second kappa shape index (κ2) is 6.73. The maximum atomic E-state index is 12.0. The molecule has 0 spiro atoms. The van der Waals surface area contributed by atoms with Gasteiger partial charge >= 0.3 is 0 Å². The van der Waals surface area contributed by atoms with E-state index in [1.165, 1.54) is 30.6 Å². The quantitative estimate of drug-likeness (QED) is 0.712. The number of thiophene rings is 1. The molecule has 1 heterocycles. The molecule has 1 amide bonds. The molecule has 0 aliphatic heterocycles. The van der Waals surface area contributed by atoms with Crippen LogP contribution in [-0.2, 0) is 0 Å². The monoisotopic (exact) mass is 413 g/mol. The normalized spacial score (nSPS) is 23.3. The van der Waals surface area contributed by atoms with Crippen LogP contribution in [-0.4, -0.2) is 18.3 Å². The molecule has 2 rings (SSSR count). The Labute approximate surface area is 133 Å². The Hall–Kier alpha value is 0.420. The van der Waals surface area contributed by atoms with E-state index >= 15 is 0 Å². The number of hydrogen-bond acceptors (Lipinski definition) is 2. The van der Waals surface area contributed by atoms with E-state index in [1.807, 2.05) is 6.07 Å². The number of nitrogens with one attached hydrogen (secondary N) is 1. The zero-order valence-electron chi connectivity index (χ0n) is 9.72. The number of halogens is 3. The summed E-state index contributed by atoms with van der Waals surface area (Å²) in [6.07, 6.45) is 3.60. The first-order valence-electron chi connectivity index (χ1n) is 5.90. The van der Waals surface area contributed by atoms with Crippen LogP contribution in [0.25, 0.3) is 0 Å². The molecule has 0 saturated heterocycles. The van der Waals surface area contributed by atoms with Crippen molar-refractivity contribution in [1.82, 2.24) is 5.32 Å². The fraction of sp³-hybridized carbons (Fsp3) is 0.583. The van der Waals surface area contributed by atoms with Crippen molar-refractivity contribution < 1.29 is 4.79 Å². The molecule has 2 atom stereocenters. The molecule has 100 valence electrons. The van der Waals surface area contributed by atoms with Crippen LogP contribution >= 0.6 is 54.8 Å². The first kappa shape index (κ1) is 14.8. The standard InChI is InChI=1S/C12H14Br2ClNOS/c13-9-4-10(18-11(9)14)12(17)16-6-8-3-1-2-7(8)5-15/h4,7-8H,1-3,5-6H2,(H,16,17). The van der Waals surface area contributed by atoms with Crippen LogP contribution < -0.4 is 5.32 Å². The number of rotatable bonds is 4. The Morgan fingerprint density at radius 2 is 2.17 bits per heavy atom. The zero-order valence-corrected chi connectivity index (χ0v) is 14.5. The van der Waals surface area contributed by atoms with E-state index in [2.05, 4.69) is 37.2 Å². The lowest BCUT2D eigenvalue weighted by Crippen LogP contribution is -2.30. The van der Waals surface area contributed by atoms with Gasteiger partial charge in [0.25, 0.3) is 5.91 Å². The number of carbonyl (C=O) groups is 1. The van der Waals surface area contributed by atoms with Gasteiger partial charge < -0.3 is 5.32 Å². The molecule has 2 unspecified atom stereocenters. The summed E-state index contributed by atoms with van der Waals surface area (Å²) >= 11 is 14.2. The molecule has 6 heteroatoms. The lowest BCUT2D eigenvalue weighted by atomic mass is 9.98. The van der Waals surface area contributed by atoms with Crippen molar-refractivity contribution in [2.24, 2.45) is 11.8 Å².